The number of carboxylic acids is 1. The van der Waals surface area contributed by atoms with E-state index in [1.165, 1.54) is 17.2 Å². The van der Waals surface area contributed by atoms with Gasteiger partial charge < -0.3 is 5.11 Å². The molecule has 0 atom stereocenters. The Hall–Kier alpha value is -1.45. The summed E-state index contributed by atoms with van der Waals surface area (Å²) in [6.45, 7) is 2.07. The van der Waals surface area contributed by atoms with Gasteiger partial charge in [0.2, 0.25) is 0 Å². The van der Waals surface area contributed by atoms with Crippen molar-refractivity contribution in [3.63, 3.8) is 0 Å². The minimum Gasteiger partial charge on any atom is -0.478 e. The molecule has 0 saturated heterocycles. The maximum atomic E-state index is 10.8. The second kappa shape index (κ2) is 6.13. The van der Waals surface area contributed by atoms with Crippen LogP contribution in [0.1, 0.15) is 21.5 Å². The minimum atomic E-state index is -0.961. The first kappa shape index (κ1) is 14.0. The molecular weight excluding hydrogens is 280 g/mol. The van der Waals surface area contributed by atoms with Crippen LogP contribution in [0.15, 0.2) is 47.4 Å². The molecule has 0 aliphatic carbocycles. The fourth-order valence-corrected chi connectivity index (χ4v) is 3.02. The maximum absolute atomic E-state index is 10.8. The van der Waals surface area contributed by atoms with Crippen LogP contribution < -0.4 is 0 Å². The average molecular weight is 293 g/mol. The van der Waals surface area contributed by atoms with Gasteiger partial charge in [0.25, 0.3) is 0 Å². The van der Waals surface area contributed by atoms with Crippen LogP contribution in [0.25, 0.3) is 0 Å². The van der Waals surface area contributed by atoms with Crippen LogP contribution >= 0.6 is 23.4 Å². The Labute approximate surface area is 121 Å². The lowest BCUT2D eigenvalue weighted by molar-refractivity contribution is 0.0697. The molecule has 2 nitrogen and oxygen atoms in total. The van der Waals surface area contributed by atoms with Crippen molar-refractivity contribution < 1.29 is 9.90 Å². The van der Waals surface area contributed by atoms with E-state index in [1.54, 1.807) is 23.9 Å². The molecule has 2 rings (SSSR count). The summed E-state index contributed by atoms with van der Waals surface area (Å²) in [6, 6.07) is 13.0. The van der Waals surface area contributed by atoms with Crippen molar-refractivity contribution in [1.82, 2.24) is 0 Å². The zero-order valence-electron chi connectivity index (χ0n) is 10.4. The molecule has 0 fully saturated rings. The fraction of sp³-hybridized carbons (Fsp3) is 0.133. The smallest absolute Gasteiger partial charge is 0.335 e. The topological polar surface area (TPSA) is 37.3 Å². The number of halogens is 1. The molecule has 2 aromatic rings. The predicted molar refractivity (Wildman–Crippen MR) is 79.2 cm³/mol. The van der Waals surface area contributed by atoms with Crippen molar-refractivity contribution in [2.75, 3.05) is 0 Å². The third-order valence-electron chi connectivity index (χ3n) is 2.82. The predicted octanol–water partition coefficient (Wildman–Crippen LogP) is 4.64. The minimum absolute atomic E-state index is 0.213. The summed E-state index contributed by atoms with van der Waals surface area (Å²) in [6.07, 6.45) is 0. The highest BCUT2D eigenvalue weighted by atomic mass is 35.5. The monoisotopic (exact) mass is 292 g/mol. The number of benzene rings is 2. The van der Waals surface area contributed by atoms with Crippen LogP contribution in [0.5, 0.6) is 0 Å². The molecule has 0 amide bonds. The first-order valence-corrected chi connectivity index (χ1v) is 7.14. The van der Waals surface area contributed by atoms with Gasteiger partial charge in [-0.3, -0.25) is 0 Å². The number of aromatic carboxylic acids is 1. The number of aryl methyl sites for hydroxylation is 1. The van der Waals surface area contributed by atoms with Gasteiger partial charge in [0.15, 0.2) is 0 Å². The Morgan fingerprint density at radius 3 is 2.63 bits per heavy atom. The molecule has 0 radical (unpaired) electrons. The summed E-state index contributed by atoms with van der Waals surface area (Å²) < 4.78 is 0. The molecule has 2 aromatic carbocycles. The first-order chi connectivity index (χ1) is 9.08. The highest BCUT2D eigenvalue weighted by Gasteiger charge is 2.08. The molecule has 98 valence electrons. The van der Waals surface area contributed by atoms with Gasteiger partial charge in [-0.05, 0) is 36.2 Å². The van der Waals surface area contributed by atoms with E-state index in [-0.39, 0.29) is 5.56 Å². The zero-order valence-corrected chi connectivity index (χ0v) is 12.0. The largest absolute Gasteiger partial charge is 0.478 e. The normalized spacial score (nSPS) is 10.4. The standard InChI is InChI=1S/C15H13ClO2S/c1-10-4-2-3-5-12(10)9-19-14-7-6-11(15(17)18)8-13(14)16/h2-8H,9H2,1H3,(H,17,18). The van der Waals surface area contributed by atoms with Crippen LogP contribution in [0.2, 0.25) is 5.02 Å². The van der Waals surface area contributed by atoms with Gasteiger partial charge in [-0.1, -0.05) is 35.9 Å². The quantitative estimate of drug-likeness (QED) is 0.834. The lowest BCUT2D eigenvalue weighted by atomic mass is 10.1. The number of carboxylic acid groups (broad SMARTS) is 1. The highest BCUT2D eigenvalue weighted by molar-refractivity contribution is 7.98. The highest BCUT2D eigenvalue weighted by Crippen LogP contribution is 2.31. The number of rotatable bonds is 4. The molecule has 19 heavy (non-hydrogen) atoms. The maximum Gasteiger partial charge on any atom is 0.335 e. The summed E-state index contributed by atoms with van der Waals surface area (Å²) >= 11 is 7.71. The third-order valence-corrected chi connectivity index (χ3v) is 4.37. The van der Waals surface area contributed by atoms with Crippen molar-refractivity contribution >= 4 is 29.3 Å². The second-order valence-electron chi connectivity index (χ2n) is 4.17. The summed E-state index contributed by atoms with van der Waals surface area (Å²) in [5.41, 5.74) is 2.71. The molecule has 0 bridgehead atoms. The Morgan fingerprint density at radius 1 is 1.26 bits per heavy atom. The first-order valence-electron chi connectivity index (χ1n) is 5.78. The number of thioether (sulfide) groups is 1. The van der Waals surface area contributed by atoms with Gasteiger partial charge in [-0.25, -0.2) is 4.79 Å². The fourth-order valence-electron chi connectivity index (χ4n) is 1.68. The SMILES string of the molecule is Cc1ccccc1CSc1ccc(C(=O)O)cc1Cl. The van der Waals surface area contributed by atoms with E-state index in [1.807, 2.05) is 12.1 Å². The van der Waals surface area contributed by atoms with Gasteiger partial charge in [-0.15, -0.1) is 11.8 Å². The molecule has 4 heteroatoms. The van der Waals surface area contributed by atoms with Crippen LogP contribution in [-0.4, -0.2) is 11.1 Å². The number of hydrogen-bond acceptors (Lipinski definition) is 2. The summed E-state index contributed by atoms with van der Waals surface area (Å²) in [5.74, 6) is -0.143. The van der Waals surface area contributed by atoms with E-state index >= 15 is 0 Å². The number of hydrogen-bond donors (Lipinski definition) is 1. The molecule has 0 unspecified atom stereocenters. The van der Waals surface area contributed by atoms with Crippen molar-refractivity contribution in [3.05, 3.63) is 64.2 Å². The molecule has 0 aromatic heterocycles. The summed E-state index contributed by atoms with van der Waals surface area (Å²) in [4.78, 5) is 11.7. The molecule has 0 heterocycles. The van der Waals surface area contributed by atoms with Crippen molar-refractivity contribution in [3.8, 4) is 0 Å². The zero-order chi connectivity index (χ0) is 13.8. The van der Waals surface area contributed by atoms with Crippen LogP contribution in [0, 0.1) is 6.92 Å². The Bertz CT molecular complexity index is 611. The Kier molecular flexibility index (Phi) is 4.51. The van der Waals surface area contributed by atoms with Gasteiger partial charge in [0.05, 0.1) is 10.6 Å². The molecule has 0 aliphatic rings. The van der Waals surface area contributed by atoms with E-state index in [4.69, 9.17) is 16.7 Å². The lowest BCUT2D eigenvalue weighted by Crippen LogP contribution is -1.95. The van der Waals surface area contributed by atoms with E-state index < -0.39 is 5.97 Å². The second-order valence-corrected chi connectivity index (χ2v) is 5.59. The Balaban J connectivity index is 2.12. The molecule has 0 aliphatic heterocycles. The molecule has 1 N–H and O–H groups in total. The average Bonchev–Trinajstić information content (AvgIpc) is 2.39. The van der Waals surface area contributed by atoms with Crippen molar-refractivity contribution in [2.45, 2.75) is 17.6 Å². The van der Waals surface area contributed by atoms with E-state index in [0.29, 0.717) is 5.02 Å². The van der Waals surface area contributed by atoms with Crippen LogP contribution in [-0.2, 0) is 5.75 Å². The van der Waals surface area contributed by atoms with Crippen molar-refractivity contribution in [1.29, 1.82) is 0 Å². The van der Waals surface area contributed by atoms with Gasteiger partial charge in [0, 0.05) is 10.6 Å². The molecular formula is C15H13ClO2S. The summed E-state index contributed by atoms with van der Waals surface area (Å²) in [7, 11) is 0. The van der Waals surface area contributed by atoms with Gasteiger partial charge in [0.1, 0.15) is 0 Å². The lowest BCUT2D eigenvalue weighted by Gasteiger charge is -2.07. The Morgan fingerprint density at radius 2 is 2.00 bits per heavy atom. The molecule has 0 saturated carbocycles. The van der Waals surface area contributed by atoms with E-state index in [2.05, 4.69) is 19.1 Å². The van der Waals surface area contributed by atoms with E-state index in [0.717, 1.165) is 10.6 Å². The van der Waals surface area contributed by atoms with Gasteiger partial charge >= 0.3 is 5.97 Å². The van der Waals surface area contributed by atoms with Crippen molar-refractivity contribution in [2.24, 2.45) is 0 Å². The van der Waals surface area contributed by atoms with Crippen LogP contribution in [0.3, 0.4) is 0 Å². The summed E-state index contributed by atoms with van der Waals surface area (Å²) in [5, 5.41) is 9.36. The molecule has 0 spiro atoms. The van der Waals surface area contributed by atoms with Gasteiger partial charge in [-0.2, -0.15) is 0 Å². The van der Waals surface area contributed by atoms with E-state index in [9.17, 15) is 4.79 Å². The van der Waals surface area contributed by atoms with Crippen LogP contribution in [0.4, 0.5) is 0 Å². The number of carbonyl (C=O) groups is 1. The third kappa shape index (κ3) is 3.52.